The summed E-state index contributed by atoms with van der Waals surface area (Å²) in [7, 11) is 0. The fourth-order valence-corrected chi connectivity index (χ4v) is 3.57. The molecule has 30 heavy (non-hydrogen) atoms. The molecule has 0 spiro atoms. The summed E-state index contributed by atoms with van der Waals surface area (Å²) in [6.07, 6.45) is 3.72. The van der Waals surface area contributed by atoms with Gasteiger partial charge in [-0.1, -0.05) is 32.6 Å². The van der Waals surface area contributed by atoms with Gasteiger partial charge in [-0.15, -0.1) is 10.2 Å². The molecule has 1 amide bonds. The van der Waals surface area contributed by atoms with E-state index in [0.29, 0.717) is 24.8 Å². The first kappa shape index (κ1) is 21.4. The van der Waals surface area contributed by atoms with Gasteiger partial charge < -0.3 is 16.0 Å². The number of allylic oxidation sites excluding steroid dienone is 1. The van der Waals surface area contributed by atoms with Crippen LogP contribution in [0.5, 0.6) is 0 Å². The smallest absolute Gasteiger partial charge is 0.273 e. The summed E-state index contributed by atoms with van der Waals surface area (Å²) in [6.45, 7) is 9.22. The summed E-state index contributed by atoms with van der Waals surface area (Å²) < 4.78 is 0. The molecular formula is C22H28N6O2. The number of hydrogen-bond acceptors (Lipinski definition) is 7. The normalized spacial score (nSPS) is 16.4. The average molecular weight is 409 g/mol. The van der Waals surface area contributed by atoms with E-state index in [9.17, 15) is 9.59 Å². The van der Waals surface area contributed by atoms with Gasteiger partial charge in [0.1, 0.15) is 0 Å². The predicted molar refractivity (Wildman–Crippen MR) is 117 cm³/mol. The number of carbonyl (C=O) groups is 2. The van der Waals surface area contributed by atoms with Crippen molar-refractivity contribution in [3.63, 3.8) is 0 Å². The number of carbonyl (C=O) groups excluding carboxylic acids is 2. The van der Waals surface area contributed by atoms with Crippen molar-refractivity contribution in [2.45, 2.75) is 39.0 Å². The third-order valence-electron chi connectivity index (χ3n) is 5.27. The molecule has 0 radical (unpaired) electrons. The second-order valence-electron chi connectivity index (χ2n) is 7.90. The molecule has 0 saturated carbocycles. The number of piperidine rings is 1. The van der Waals surface area contributed by atoms with Crippen molar-refractivity contribution in [2.24, 2.45) is 11.7 Å². The molecule has 158 valence electrons. The van der Waals surface area contributed by atoms with Gasteiger partial charge in [-0.2, -0.15) is 4.98 Å². The number of nitrogens with one attached hydrogen (secondary N) is 1. The Bertz CT molecular complexity index is 926. The molecule has 1 saturated heterocycles. The van der Waals surface area contributed by atoms with Gasteiger partial charge in [0.05, 0.1) is 0 Å². The number of aromatic nitrogens is 3. The van der Waals surface area contributed by atoms with Crippen LogP contribution in [-0.2, 0) is 4.79 Å². The second kappa shape index (κ2) is 9.47. The standard InChI is InChI=1S/C22H28N6O2/c1-4-18(29)12-15-6-5-11-28(13-15)22-25-21(19(20(23)30)26-27-22)24-17-9-7-16(8-10-17)14(2)3/h4,7-10,14-15H,1,5-6,11-13H2,2-3H3,(H2,23,30)(H,24,25,27)/t15-/m1/s1. The number of benzene rings is 1. The molecule has 8 heteroatoms. The van der Waals surface area contributed by atoms with Crippen LogP contribution in [0.4, 0.5) is 17.5 Å². The summed E-state index contributed by atoms with van der Waals surface area (Å²) in [4.78, 5) is 30.1. The summed E-state index contributed by atoms with van der Waals surface area (Å²) in [5, 5.41) is 11.3. The average Bonchev–Trinajstić information content (AvgIpc) is 2.74. The molecule has 0 aliphatic carbocycles. The van der Waals surface area contributed by atoms with E-state index in [4.69, 9.17) is 5.73 Å². The molecular weight excluding hydrogens is 380 g/mol. The summed E-state index contributed by atoms with van der Waals surface area (Å²) in [5.41, 5.74) is 7.45. The second-order valence-corrected chi connectivity index (χ2v) is 7.90. The number of nitrogens with zero attached hydrogens (tertiary/aromatic N) is 4. The summed E-state index contributed by atoms with van der Waals surface area (Å²) in [6, 6.07) is 7.91. The number of hydrogen-bond donors (Lipinski definition) is 2. The van der Waals surface area contributed by atoms with Crippen molar-refractivity contribution in [3.8, 4) is 0 Å². The topological polar surface area (TPSA) is 114 Å². The van der Waals surface area contributed by atoms with E-state index in [1.807, 2.05) is 29.2 Å². The summed E-state index contributed by atoms with van der Waals surface area (Å²) >= 11 is 0. The molecule has 1 aliphatic rings. The molecule has 3 rings (SSSR count). The molecule has 1 fully saturated rings. The fourth-order valence-electron chi connectivity index (χ4n) is 3.57. The van der Waals surface area contributed by atoms with Crippen molar-refractivity contribution in [1.29, 1.82) is 0 Å². The van der Waals surface area contributed by atoms with E-state index in [0.717, 1.165) is 25.1 Å². The number of anilines is 3. The zero-order valence-electron chi connectivity index (χ0n) is 17.5. The van der Waals surface area contributed by atoms with Gasteiger partial charge in [0, 0.05) is 25.2 Å². The van der Waals surface area contributed by atoms with Crippen LogP contribution in [0.3, 0.4) is 0 Å². The van der Waals surface area contributed by atoms with Gasteiger partial charge in [-0.05, 0) is 48.4 Å². The van der Waals surface area contributed by atoms with E-state index in [1.54, 1.807) is 0 Å². The van der Waals surface area contributed by atoms with Crippen LogP contribution in [0.25, 0.3) is 0 Å². The monoisotopic (exact) mass is 408 g/mol. The van der Waals surface area contributed by atoms with Gasteiger partial charge in [-0.25, -0.2) is 0 Å². The lowest BCUT2D eigenvalue weighted by Crippen LogP contribution is -2.37. The van der Waals surface area contributed by atoms with Crippen molar-refractivity contribution in [3.05, 3.63) is 48.2 Å². The Morgan fingerprint density at radius 3 is 2.67 bits per heavy atom. The van der Waals surface area contributed by atoms with Crippen LogP contribution in [0.15, 0.2) is 36.9 Å². The van der Waals surface area contributed by atoms with E-state index >= 15 is 0 Å². The largest absolute Gasteiger partial charge is 0.364 e. The molecule has 1 atom stereocenters. The Morgan fingerprint density at radius 1 is 1.30 bits per heavy atom. The van der Waals surface area contributed by atoms with Crippen molar-refractivity contribution in [1.82, 2.24) is 15.2 Å². The van der Waals surface area contributed by atoms with E-state index in [1.165, 1.54) is 11.6 Å². The molecule has 2 heterocycles. The lowest BCUT2D eigenvalue weighted by atomic mass is 9.93. The highest BCUT2D eigenvalue weighted by atomic mass is 16.1. The molecule has 0 unspecified atom stereocenters. The van der Waals surface area contributed by atoms with Crippen LogP contribution >= 0.6 is 0 Å². The van der Waals surface area contributed by atoms with Crippen molar-refractivity contribution >= 4 is 29.1 Å². The third-order valence-corrected chi connectivity index (χ3v) is 5.27. The van der Waals surface area contributed by atoms with Gasteiger partial charge in [0.15, 0.2) is 17.3 Å². The first-order chi connectivity index (χ1) is 14.4. The first-order valence-electron chi connectivity index (χ1n) is 10.2. The molecule has 0 bridgehead atoms. The number of nitrogens with two attached hydrogens (primary N) is 1. The van der Waals surface area contributed by atoms with E-state index in [2.05, 4.69) is 40.9 Å². The minimum atomic E-state index is -0.698. The first-order valence-corrected chi connectivity index (χ1v) is 10.2. The van der Waals surface area contributed by atoms with Gasteiger partial charge in [0.2, 0.25) is 5.95 Å². The van der Waals surface area contributed by atoms with Gasteiger partial charge in [0.25, 0.3) is 5.91 Å². The number of primary amides is 1. The third kappa shape index (κ3) is 5.20. The van der Waals surface area contributed by atoms with Crippen LogP contribution in [0, 0.1) is 5.92 Å². The minimum Gasteiger partial charge on any atom is -0.364 e. The number of rotatable bonds is 8. The highest BCUT2D eigenvalue weighted by Crippen LogP contribution is 2.26. The number of ketones is 1. The van der Waals surface area contributed by atoms with Crippen LogP contribution < -0.4 is 16.0 Å². The SMILES string of the molecule is C=CC(=O)C[C@H]1CCCN(c2nnc(C(N)=O)c(Nc3ccc(C(C)C)cc3)n2)C1. The Morgan fingerprint density at radius 2 is 2.03 bits per heavy atom. The van der Waals surface area contributed by atoms with Gasteiger partial charge >= 0.3 is 0 Å². The molecule has 3 N–H and O–H groups in total. The Labute approximate surface area is 176 Å². The van der Waals surface area contributed by atoms with Crippen LogP contribution in [0.2, 0.25) is 0 Å². The Balaban J connectivity index is 1.82. The lowest BCUT2D eigenvalue weighted by Gasteiger charge is -2.32. The molecule has 1 aromatic carbocycles. The van der Waals surface area contributed by atoms with Crippen molar-refractivity contribution < 1.29 is 9.59 Å². The summed E-state index contributed by atoms with van der Waals surface area (Å²) in [5.74, 6) is 0.662. The fraction of sp³-hybridized carbons (Fsp3) is 0.409. The zero-order chi connectivity index (χ0) is 21.7. The maximum atomic E-state index is 11.8. The maximum absolute atomic E-state index is 11.8. The Kier molecular flexibility index (Phi) is 6.76. The Hall–Kier alpha value is -3.29. The number of amides is 1. The lowest BCUT2D eigenvalue weighted by molar-refractivity contribution is -0.115. The van der Waals surface area contributed by atoms with E-state index in [-0.39, 0.29) is 23.2 Å². The molecule has 8 nitrogen and oxygen atoms in total. The quantitative estimate of drug-likeness (QED) is 0.645. The molecule has 1 aliphatic heterocycles. The zero-order valence-corrected chi connectivity index (χ0v) is 17.5. The molecule has 2 aromatic rings. The van der Waals surface area contributed by atoms with Crippen LogP contribution in [-0.4, -0.2) is 40.0 Å². The predicted octanol–water partition coefficient (Wildman–Crippen LogP) is 3.20. The van der Waals surface area contributed by atoms with Crippen molar-refractivity contribution in [2.75, 3.05) is 23.3 Å². The highest BCUT2D eigenvalue weighted by molar-refractivity contribution is 5.96. The van der Waals surface area contributed by atoms with Crippen LogP contribution in [0.1, 0.15) is 55.1 Å². The van der Waals surface area contributed by atoms with Gasteiger partial charge in [-0.3, -0.25) is 9.59 Å². The van der Waals surface area contributed by atoms with E-state index < -0.39 is 5.91 Å². The highest BCUT2D eigenvalue weighted by Gasteiger charge is 2.25. The minimum absolute atomic E-state index is 0.0120. The molecule has 1 aromatic heterocycles. The maximum Gasteiger partial charge on any atom is 0.273 e.